The molecular weight excluding hydrogens is 379 g/mol. The number of halogens is 3. The highest BCUT2D eigenvalue weighted by Crippen LogP contribution is 2.47. The number of ether oxygens (including phenoxy) is 1. The molecule has 3 rings (SSSR count). The zero-order valence-corrected chi connectivity index (χ0v) is 16.6. The quantitative estimate of drug-likeness (QED) is 0.595. The van der Waals surface area contributed by atoms with E-state index in [9.17, 15) is 18.3 Å². The van der Waals surface area contributed by atoms with Gasteiger partial charge in [-0.3, -0.25) is 4.98 Å². The van der Waals surface area contributed by atoms with Crippen molar-refractivity contribution in [2.24, 2.45) is 0 Å². The molecule has 0 bridgehead atoms. The van der Waals surface area contributed by atoms with Gasteiger partial charge in [-0.05, 0) is 55.7 Å². The fourth-order valence-electron chi connectivity index (χ4n) is 3.88. The summed E-state index contributed by atoms with van der Waals surface area (Å²) in [6.07, 6.45) is -3.36. The molecule has 2 aromatic carbocycles. The van der Waals surface area contributed by atoms with Crippen molar-refractivity contribution in [2.45, 2.75) is 43.9 Å². The summed E-state index contributed by atoms with van der Waals surface area (Å²) in [7, 11) is 1.41. The van der Waals surface area contributed by atoms with E-state index >= 15 is 0 Å². The van der Waals surface area contributed by atoms with Gasteiger partial charge in [0.2, 0.25) is 0 Å². The molecule has 6 heteroatoms. The summed E-state index contributed by atoms with van der Waals surface area (Å²) >= 11 is 0. The van der Waals surface area contributed by atoms with Crippen LogP contribution >= 0.6 is 0 Å². The molecule has 2 unspecified atom stereocenters. The Bertz CT molecular complexity index is 995. The van der Waals surface area contributed by atoms with Crippen LogP contribution in [0, 0.1) is 0 Å². The van der Waals surface area contributed by atoms with Crippen LogP contribution < -0.4 is 4.74 Å². The van der Waals surface area contributed by atoms with Crippen LogP contribution in [0.2, 0.25) is 0 Å². The van der Waals surface area contributed by atoms with Crippen LogP contribution in [0.25, 0.3) is 10.9 Å². The van der Waals surface area contributed by atoms with Crippen molar-refractivity contribution in [2.75, 3.05) is 7.11 Å². The van der Waals surface area contributed by atoms with Gasteiger partial charge in [0.05, 0.1) is 23.6 Å². The van der Waals surface area contributed by atoms with Crippen molar-refractivity contribution in [3.05, 3.63) is 71.9 Å². The lowest BCUT2D eigenvalue weighted by Crippen LogP contribution is -2.46. The van der Waals surface area contributed by atoms with Gasteiger partial charge in [-0.1, -0.05) is 30.3 Å². The summed E-state index contributed by atoms with van der Waals surface area (Å²) in [4.78, 5) is 4.28. The highest BCUT2D eigenvalue weighted by molar-refractivity contribution is 5.81. The number of fused-ring (bicyclic) bond motifs is 1. The number of aromatic nitrogens is 1. The molecule has 0 radical (unpaired) electrons. The molecule has 0 fully saturated rings. The fraction of sp³-hybridized carbons (Fsp3) is 0.348. The van der Waals surface area contributed by atoms with Crippen LogP contribution in [0.3, 0.4) is 0 Å². The molecule has 0 spiro atoms. The number of hydrogen-bond donors (Lipinski definition) is 1. The van der Waals surface area contributed by atoms with Gasteiger partial charge in [0.15, 0.2) is 0 Å². The van der Waals surface area contributed by atoms with Gasteiger partial charge in [-0.2, -0.15) is 13.2 Å². The van der Waals surface area contributed by atoms with Crippen molar-refractivity contribution >= 4 is 10.9 Å². The zero-order chi connectivity index (χ0) is 21.3. The Labute approximate surface area is 168 Å². The second-order valence-electron chi connectivity index (χ2n) is 7.90. The Morgan fingerprint density at radius 1 is 1.00 bits per heavy atom. The summed E-state index contributed by atoms with van der Waals surface area (Å²) in [5.74, 6) is 0.345. The largest absolute Gasteiger partial charge is 0.497 e. The number of methoxy groups -OCH3 is 1. The third-order valence-corrected chi connectivity index (χ3v) is 5.38. The number of pyridine rings is 1. The van der Waals surface area contributed by atoms with Crippen molar-refractivity contribution in [3.8, 4) is 5.75 Å². The third-order valence-electron chi connectivity index (χ3n) is 5.38. The molecule has 2 atom stereocenters. The van der Waals surface area contributed by atoms with E-state index in [4.69, 9.17) is 4.74 Å². The van der Waals surface area contributed by atoms with Crippen LogP contribution in [0.15, 0.2) is 60.8 Å². The first-order valence-corrected chi connectivity index (χ1v) is 9.32. The van der Waals surface area contributed by atoms with Gasteiger partial charge in [-0.25, -0.2) is 0 Å². The Balaban J connectivity index is 1.98. The summed E-state index contributed by atoms with van der Waals surface area (Å²) in [6.45, 7) is 2.58. The van der Waals surface area contributed by atoms with Crippen molar-refractivity contribution in [3.63, 3.8) is 0 Å². The lowest BCUT2D eigenvalue weighted by atomic mass is 9.72. The predicted octanol–water partition coefficient (Wildman–Crippen LogP) is 5.45. The first-order chi connectivity index (χ1) is 13.6. The summed E-state index contributed by atoms with van der Waals surface area (Å²) < 4.78 is 47.7. The summed E-state index contributed by atoms with van der Waals surface area (Å²) in [5.41, 5.74) is -2.28. The van der Waals surface area contributed by atoms with Crippen molar-refractivity contribution in [1.82, 2.24) is 4.98 Å². The lowest BCUT2D eigenvalue weighted by Gasteiger charge is -2.38. The molecule has 0 aliphatic rings. The Kier molecular flexibility index (Phi) is 5.59. The van der Waals surface area contributed by atoms with E-state index in [-0.39, 0.29) is 12.0 Å². The first kappa shape index (κ1) is 21.1. The standard InChI is InChI=1S/C23H24F3NO2/c1-21(28,14-16-11-12-27-20-10-5-4-9-19(16)20)15-22(2,23(24,25)26)17-7-6-8-18(13-17)29-3/h4-13,28H,14-15H2,1-3H3. The Hall–Kier alpha value is -2.60. The van der Waals surface area contributed by atoms with Crippen LogP contribution in [-0.2, 0) is 11.8 Å². The molecule has 1 heterocycles. The summed E-state index contributed by atoms with van der Waals surface area (Å²) in [6, 6.07) is 15.1. The molecule has 0 saturated heterocycles. The molecule has 29 heavy (non-hydrogen) atoms. The van der Waals surface area contributed by atoms with E-state index in [1.165, 1.54) is 32.2 Å². The molecule has 0 saturated carbocycles. The summed E-state index contributed by atoms with van der Waals surface area (Å²) in [5, 5.41) is 11.9. The maximum Gasteiger partial charge on any atom is 0.398 e. The van der Waals surface area contributed by atoms with Gasteiger partial charge in [0, 0.05) is 18.0 Å². The van der Waals surface area contributed by atoms with Gasteiger partial charge < -0.3 is 9.84 Å². The number of aliphatic hydroxyl groups is 1. The second-order valence-corrected chi connectivity index (χ2v) is 7.90. The molecule has 0 aliphatic heterocycles. The zero-order valence-electron chi connectivity index (χ0n) is 16.6. The molecule has 154 valence electrons. The van der Waals surface area contributed by atoms with Crippen LogP contribution in [-0.4, -0.2) is 29.0 Å². The number of alkyl halides is 3. The maximum atomic E-state index is 14.2. The normalized spacial score (nSPS) is 16.2. The fourth-order valence-corrected chi connectivity index (χ4v) is 3.88. The lowest BCUT2D eigenvalue weighted by molar-refractivity contribution is -0.199. The molecule has 0 aliphatic carbocycles. The van der Waals surface area contributed by atoms with Gasteiger partial charge in [-0.15, -0.1) is 0 Å². The Morgan fingerprint density at radius 2 is 1.72 bits per heavy atom. The maximum absolute atomic E-state index is 14.2. The minimum absolute atomic E-state index is 0.0595. The van der Waals surface area contributed by atoms with Gasteiger partial charge in [0.1, 0.15) is 5.75 Å². The number of benzene rings is 2. The van der Waals surface area contributed by atoms with Crippen LogP contribution in [0.1, 0.15) is 31.4 Å². The van der Waals surface area contributed by atoms with E-state index in [1.54, 1.807) is 18.3 Å². The molecule has 0 amide bonds. The number of nitrogens with zero attached hydrogens (tertiary/aromatic N) is 1. The van der Waals surface area contributed by atoms with E-state index in [0.717, 1.165) is 23.4 Å². The smallest absolute Gasteiger partial charge is 0.398 e. The van der Waals surface area contributed by atoms with Crippen molar-refractivity contribution in [1.29, 1.82) is 0 Å². The van der Waals surface area contributed by atoms with E-state index in [1.807, 2.05) is 24.3 Å². The highest BCUT2D eigenvalue weighted by Gasteiger charge is 2.55. The predicted molar refractivity (Wildman–Crippen MR) is 107 cm³/mol. The van der Waals surface area contributed by atoms with Crippen LogP contribution in [0.4, 0.5) is 13.2 Å². The highest BCUT2D eigenvalue weighted by atomic mass is 19.4. The molecule has 1 N–H and O–H groups in total. The van der Waals surface area contributed by atoms with E-state index in [2.05, 4.69) is 4.98 Å². The average molecular weight is 403 g/mol. The molecular formula is C23H24F3NO2. The molecule has 1 aromatic heterocycles. The van der Waals surface area contributed by atoms with Gasteiger partial charge >= 0.3 is 6.18 Å². The number of hydrogen-bond acceptors (Lipinski definition) is 3. The Morgan fingerprint density at radius 3 is 2.41 bits per heavy atom. The first-order valence-electron chi connectivity index (χ1n) is 9.32. The van der Waals surface area contributed by atoms with E-state index in [0.29, 0.717) is 5.75 Å². The van der Waals surface area contributed by atoms with Crippen LogP contribution in [0.5, 0.6) is 5.75 Å². The molecule has 3 aromatic rings. The molecule has 3 nitrogen and oxygen atoms in total. The minimum Gasteiger partial charge on any atom is -0.497 e. The topological polar surface area (TPSA) is 42.4 Å². The average Bonchev–Trinajstić information content (AvgIpc) is 2.67. The monoisotopic (exact) mass is 403 g/mol. The SMILES string of the molecule is COc1cccc(C(C)(CC(C)(O)Cc2ccnc3ccccc23)C(F)(F)F)c1. The number of rotatable bonds is 6. The number of para-hydroxylation sites is 1. The van der Waals surface area contributed by atoms with Gasteiger partial charge in [0.25, 0.3) is 0 Å². The van der Waals surface area contributed by atoms with Crippen molar-refractivity contribution < 1.29 is 23.0 Å². The second kappa shape index (κ2) is 7.67. The van der Waals surface area contributed by atoms with E-state index < -0.39 is 23.6 Å². The minimum atomic E-state index is -4.55. The third kappa shape index (κ3) is 4.37.